The van der Waals surface area contributed by atoms with Crippen molar-refractivity contribution in [3.8, 4) is 16.9 Å². The summed E-state index contributed by atoms with van der Waals surface area (Å²) < 4.78 is 32.9. The molecular weight excluding hydrogens is 480 g/mol. The van der Waals surface area contributed by atoms with Gasteiger partial charge in [-0.2, -0.15) is 0 Å². The minimum atomic E-state index is -3.78. The highest BCUT2D eigenvalue weighted by molar-refractivity contribution is 7.90. The summed E-state index contributed by atoms with van der Waals surface area (Å²) in [4.78, 5) is 16.0. The molecule has 1 aromatic heterocycles. The number of nitrogens with one attached hydrogen (secondary N) is 1. The lowest BCUT2D eigenvalue weighted by molar-refractivity contribution is -0.124. The molecule has 4 rings (SSSR count). The van der Waals surface area contributed by atoms with E-state index in [1.54, 1.807) is 30.3 Å². The van der Waals surface area contributed by atoms with Crippen LogP contribution in [0.15, 0.2) is 78.0 Å². The molecule has 1 fully saturated rings. The van der Waals surface area contributed by atoms with Crippen LogP contribution < -0.4 is 10.2 Å². The van der Waals surface area contributed by atoms with Crippen molar-refractivity contribution in [2.24, 2.45) is 0 Å². The van der Waals surface area contributed by atoms with E-state index in [0.29, 0.717) is 12.2 Å². The zero-order valence-electron chi connectivity index (χ0n) is 20.1. The van der Waals surface area contributed by atoms with Crippen molar-refractivity contribution in [1.82, 2.24) is 19.3 Å². The lowest BCUT2D eigenvalue weighted by Crippen LogP contribution is -2.45. The van der Waals surface area contributed by atoms with Gasteiger partial charge in [0.25, 0.3) is 15.9 Å². The predicted molar refractivity (Wildman–Crippen MR) is 137 cm³/mol. The van der Waals surface area contributed by atoms with Crippen molar-refractivity contribution in [1.29, 1.82) is 0 Å². The number of benzene rings is 2. The summed E-state index contributed by atoms with van der Waals surface area (Å²) in [6, 6.07) is 16.0. The van der Waals surface area contributed by atoms with E-state index < -0.39 is 15.9 Å². The third-order valence-corrected chi connectivity index (χ3v) is 7.77. The van der Waals surface area contributed by atoms with Gasteiger partial charge in [0.15, 0.2) is 0 Å². The predicted octanol–water partition coefficient (Wildman–Crippen LogP) is 2.54. The number of amides is 1. The van der Waals surface area contributed by atoms with Crippen LogP contribution >= 0.6 is 0 Å². The molecule has 2 aromatic carbocycles. The molecule has 1 amide bonds. The fourth-order valence-electron chi connectivity index (χ4n) is 3.90. The molecular formula is C26H30N4O5S. The molecule has 0 aliphatic carbocycles. The smallest absolute Gasteiger partial charge is 0.267 e. The Morgan fingerprint density at radius 3 is 2.28 bits per heavy atom. The van der Waals surface area contributed by atoms with Crippen molar-refractivity contribution in [3.63, 3.8) is 0 Å². The molecule has 0 spiro atoms. The van der Waals surface area contributed by atoms with Gasteiger partial charge in [0.1, 0.15) is 12.4 Å². The fourth-order valence-corrected chi connectivity index (χ4v) is 5.10. The van der Waals surface area contributed by atoms with Gasteiger partial charge < -0.3 is 9.64 Å². The molecule has 190 valence electrons. The Labute approximate surface area is 211 Å². The average Bonchev–Trinajstić information content (AvgIpc) is 3.39. The van der Waals surface area contributed by atoms with Crippen LogP contribution in [-0.2, 0) is 14.8 Å². The highest BCUT2D eigenvalue weighted by atomic mass is 32.2. The van der Waals surface area contributed by atoms with Crippen LogP contribution in [0.25, 0.3) is 17.2 Å². The number of hydrogen-bond acceptors (Lipinski definition) is 7. The van der Waals surface area contributed by atoms with Crippen molar-refractivity contribution < 1.29 is 23.2 Å². The maximum Gasteiger partial charge on any atom is 0.267 e. The Bertz CT molecular complexity index is 1290. The van der Waals surface area contributed by atoms with Gasteiger partial charge in [-0.1, -0.05) is 24.3 Å². The van der Waals surface area contributed by atoms with Gasteiger partial charge in [0, 0.05) is 51.2 Å². The van der Waals surface area contributed by atoms with E-state index in [1.165, 1.54) is 23.9 Å². The van der Waals surface area contributed by atoms with E-state index in [9.17, 15) is 13.2 Å². The van der Waals surface area contributed by atoms with Gasteiger partial charge >= 0.3 is 0 Å². The lowest BCUT2D eigenvalue weighted by atomic mass is 10.1. The number of carbonyl (C=O) groups is 1. The van der Waals surface area contributed by atoms with Crippen LogP contribution in [0.5, 0.6) is 5.75 Å². The van der Waals surface area contributed by atoms with E-state index in [2.05, 4.69) is 16.8 Å². The van der Waals surface area contributed by atoms with Crippen molar-refractivity contribution in [2.75, 3.05) is 46.4 Å². The number of ether oxygens (including phenoxy) is 1. The Morgan fingerprint density at radius 2 is 1.64 bits per heavy atom. The van der Waals surface area contributed by atoms with E-state index in [1.807, 2.05) is 24.3 Å². The van der Waals surface area contributed by atoms with Crippen LogP contribution in [0.1, 0.15) is 5.56 Å². The maximum absolute atomic E-state index is 13.0. The van der Waals surface area contributed by atoms with Gasteiger partial charge in [0.05, 0.1) is 4.90 Å². The molecule has 0 bridgehead atoms. The Kier molecular flexibility index (Phi) is 8.21. The van der Waals surface area contributed by atoms with Crippen LogP contribution in [0.3, 0.4) is 0 Å². The first-order valence-electron chi connectivity index (χ1n) is 11.6. The van der Waals surface area contributed by atoms with E-state index >= 15 is 0 Å². The number of piperazine rings is 1. The number of likely N-dealkylation sites (N-methyl/N-ethyl adjacent to an activating group) is 1. The second-order valence-corrected chi connectivity index (χ2v) is 10.5. The first-order valence-corrected chi connectivity index (χ1v) is 13.1. The summed E-state index contributed by atoms with van der Waals surface area (Å²) in [7, 11) is -1.64. The summed E-state index contributed by atoms with van der Waals surface area (Å²) in [6.45, 7) is 5.85. The zero-order chi connectivity index (χ0) is 25.5. The van der Waals surface area contributed by atoms with Crippen molar-refractivity contribution in [2.45, 2.75) is 4.90 Å². The third kappa shape index (κ3) is 6.41. The summed E-state index contributed by atoms with van der Waals surface area (Å²) >= 11 is 0. The second kappa shape index (κ2) is 11.5. The van der Waals surface area contributed by atoms with Gasteiger partial charge in [0.2, 0.25) is 0 Å². The largest absolute Gasteiger partial charge is 0.492 e. The van der Waals surface area contributed by atoms with Crippen LogP contribution in [0.2, 0.25) is 0 Å². The lowest BCUT2D eigenvalue weighted by Gasteiger charge is -2.32. The molecule has 1 aliphatic heterocycles. The SMILES string of the molecule is CN1CCN(CCOc2ccc(-c3ccc(S(=O)(=O)n4ccc(C=CC(=O)NO)c4)cc3)cc2)CC1. The Hall–Kier alpha value is -3.44. The second-order valence-electron chi connectivity index (χ2n) is 8.63. The first-order chi connectivity index (χ1) is 17.3. The fraction of sp³-hybridized carbons (Fsp3) is 0.269. The van der Waals surface area contributed by atoms with Crippen LogP contribution in [0.4, 0.5) is 0 Å². The minimum absolute atomic E-state index is 0.148. The summed E-state index contributed by atoms with van der Waals surface area (Å²) in [6.07, 6.45) is 5.31. The van der Waals surface area contributed by atoms with Crippen LogP contribution in [-0.4, -0.2) is 79.7 Å². The number of rotatable bonds is 9. The van der Waals surface area contributed by atoms with Crippen molar-refractivity contribution in [3.05, 3.63) is 78.6 Å². The molecule has 2 heterocycles. The van der Waals surface area contributed by atoms with E-state index in [-0.39, 0.29) is 4.90 Å². The Balaban J connectivity index is 1.35. The first kappa shape index (κ1) is 25.6. The topological polar surface area (TPSA) is 104 Å². The van der Waals surface area contributed by atoms with Gasteiger partial charge in [-0.05, 0) is 60.1 Å². The quantitative estimate of drug-likeness (QED) is 0.259. The molecule has 0 radical (unpaired) electrons. The zero-order valence-corrected chi connectivity index (χ0v) is 20.9. The number of carbonyl (C=O) groups excluding carboxylic acids is 1. The van der Waals surface area contributed by atoms with E-state index in [4.69, 9.17) is 9.94 Å². The minimum Gasteiger partial charge on any atom is -0.492 e. The highest BCUT2D eigenvalue weighted by Crippen LogP contribution is 2.25. The molecule has 3 aromatic rings. The number of aromatic nitrogens is 1. The number of hydroxylamine groups is 1. The summed E-state index contributed by atoms with van der Waals surface area (Å²) in [5, 5.41) is 8.54. The van der Waals surface area contributed by atoms with Crippen LogP contribution in [0, 0.1) is 0 Å². The molecule has 9 nitrogen and oxygen atoms in total. The molecule has 0 unspecified atom stereocenters. The van der Waals surface area contributed by atoms with Gasteiger partial charge in [-0.15, -0.1) is 0 Å². The van der Waals surface area contributed by atoms with E-state index in [0.717, 1.165) is 59.6 Å². The Morgan fingerprint density at radius 1 is 1.00 bits per heavy atom. The summed E-state index contributed by atoms with van der Waals surface area (Å²) in [5.41, 5.74) is 3.84. The molecule has 10 heteroatoms. The molecule has 0 saturated carbocycles. The average molecular weight is 511 g/mol. The highest BCUT2D eigenvalue weighted by Gasteiger charge is 2.17. The monoisotopic (exact) mass is 510 g/mol. The maximum atomic E-state index is 13.0. The molecule has 36 heavy (non-hydrogen) atoms. The molecule has 2 N–H and O–H groups in total. The molecule has 1 aliphatic rings. The normalized spacial score (nSPS) is 15.3. The van der Waals surface area contributed by atoms with Gasteiger partial charge in [-0.25, -0.2) is 17.9 Å². The van der Waals surface area contributed by atoms with Crippen molar-refractivity contribution >= 4 is 22.0 Å². The van der Waals surface area contributed by atoms with Gasteiger partial charge in [-0.3, -0.25) is 14.9 Å². The number of hydrogen-bond donors (Lipinski definition) is 2. The number of nitrogens with zero attached hydrogens (tertiary/aromatic N) is 3. The molecule has 0 atom stereocenters. The molecule has 1 saturated heterocycles. The summed E-state index contributed by atoms with van der Waals surface area (Å²) in [5.74, 6) is 0.104. The third-order valence-electron chi connectivity index (χ3n) is 6.12. The standard InChI is InChI=1S/C26H30N4O5S/c1-28-14-16-29(17-15-28)18-19-35-24-7-3-22(4-8-24)23-5-9-25(10-6-23)36(33,34)30-13-12-21(20-30)2-11-26(31)27-32/h2-13,20,32H,14-19H2,1H3,(H,27,31).